The van der Waals surface area contributed by atoms with Gasteiger partial charge in [0.15, 0.2) is 17.2 Å². The van der Waals surface area contributed by atoms with Crippen LogP contribution in [0.25, 0.3) is 0 Å². The number of aromatic hydroxyl groups is 3. The van der Waals surface area contributed by atoms with Crippen molar-refractivity contribution in [3.05, 3.63) is 40.5 Å². The van der Waals surface area contributed by atoms with Gasteiger partial charge in [-0.05, 0) is 130 Å². The Morgan fingerprint density at radius 1 is 0.930 bits per heavy atom. The molecule has 5 rings (SSSR count). The van der Waals surface area contributed by atoms with E-state index in [4.69, 9.17) is 20.4 Å². The van der Waals surface area contributed by atoms with E-state index < -0.39 is 23.2 Å². The summed E-state index contributed by atoms with van der Waals surface area (Å²) in [5.41, 5.74) is 6.12. The zero-order chi connectivity index (χ0) is 32.1. The molecule has 6 heteroatoms. The Labute approximate surface area is 258 Å². The Hall–Kier alpha value is -2.47. The van der Waals surface area contributed by atoms with Gasteiger partial charge in [0.1, 0.15) is 0 Å². The van der Waals surface area contributed by atoms with Crippen LogP contribution in [0.5, 0.6) is 17.2 Å². The minimum absolute atomic E-state index is 0.0465. The first-order chi connectivity index (χ1) is 19.9. The molecular formula is C37H56O6. The van der Waals surface area contributed by atoms with Gasteiger partial charge in [-0.1, -0.05) is 64.3 Å². The number of allylic oxidation sites excluding steroid dienone is 4. The van der Waals surface area contributed by atoms with Crippen molar-refractivity contribution in [3.63, 3.8) is 0 Å². The van der Waals surface area contributed by atoms with Crippen LogP contribution in [0.3, 0.4) is 0 Å². The summed E-state index contributed by atoms with van der Waals surface area (Å²) in [7, 11) is 0. The minimum atomic E-state index is -1.29. The molecule has 0 amide bonds. The van der Waals surface area contributed by atoms with Crippen LogP contribution >= 0.6 is 0 Å². The molecule has 0 radical (unpaired) electrons. The molecule has 4 aliphatic carbocycles. The smallest absolute Gasteiger partial charge is 0.335 e. The molecule has 240 valence electrons. The van der Waals surface area contributed by atoms with Crippen LogP contribution in [-0.4, -0.2) is 37.6 Å². The molecule has 0 heterocycles. The van der Waals surface area contributed by atoms with Gasteiger partial charge in [-0.15, -0.1) is 0 Å². The summed E-state index contributed by atoms with van der Waals surface area (Å²) in [6.45, 7) is 19.6. The first-order valence-corrected chi connectivity index (χ1v) is 16.4. The average Bonchev–Trinajstić information content (AvgIpc) is 3.20. The van der Waals surface area contributed by atoms with E-state index in [1.807, 2.05) is 11.1 Å². The summed E-state index contributed by atoms with van der Waals surface area (Å²) in [4.78, 5) is 10.3. The first kappa shape index (κ1) is 33.4. The number of aliphatic hydroxyl groups excluding tert-OH is 1. The molecule has 7 unspecified atom stereocenters. The number of rotatable bonds is 5. The van der Waals surface area contributed by atoms with Crippen molar-refractivity contribution in [1.29, 1.82) is 0 Å². The summed E-state index contributed by atoms with van der Waals surface area (Å²) in [5.74, 6) is -1.01. The fourth-order valence-electron chi connectivity index (χ4n) is 10.2. The Bertz CT molecular complexity index is 1260. The second-order valence-electron chi connectivity index (χ2n) is 15.7. The van der Waals surface area contributed by atoms with Crippen molar-refractivity contribution < 1.29 is 30.3 Å². The summed E-state index contributed by atoms with van der Waals surface area (Å²) in [6.07, 6.45) is 15.2. The Kier molecular flexibility index (Phi) is 9.17. The summed E-state index contributed by atoms with van der Waals surface area (Å²) >= 11 is 0. The third-order valence-electron chi connectivity index (χ3n) is 13.0. The Morgan fingerprint density at radius 3 is 2.14 bits per heavy atom. The maximum Gasteiger partial charge on any atom is 0.335 e. The Morgan fingerprint density at radius 2 is 1.56 bits per heavy atom. The second kappa shape index (κ2) is 11.8. The molecule has 2 saturated carbocycles. The molecule has 7 atom stereocenters. The summed E-state index contributed by atoms with van der Waals surface area (Å²) < 4.78 is 0. The molecule has 43 heavy (non-hydrogen) atoms. The van der Waals surface area contributed by atoms with Crippen LogP contribution in [0, 0.1) is 39.4 Å². The van der Waals surface area contributed by atoms with Gasteiger partial charge in [0.25, 0.3) is 0 Å². The van der Waals surface area contributed by atoms with Gasteiger partial charge >= 0.3 is 5.97 Å². The molecule has 5 N–H and O–H groups in total. The van der Waals surface area contributed by atoms with Crippen molar-refractivity contribution in [2.45, 2.75) is 126 Å². The van der Waals surface area contributed by atoms with Gasteiger partial charge in [0, 0.05) is 0 Å². The van der Waals surface area contributed by atoms with E-state index in [1.165, 1.54) is 63.4 Å². The number of phenolic OH excluding ortho intramolecular Hbond substituents is 3. The normalized spacial score (nSPS) is 35.0. The first-order valence-electron chi connectivity index (χ1n) is 16.4. The third-order valence-corrected chi connectivity index (χ3v) is 13.0. The lowest BCUT2D eigenvalue weighted by Crippen LogP contribution is -2.55. The number of carbonyl (C=O) groups is 1. The van der Waals surface area contributed by atoms with E-state index in [0.717, 1.165) is 30.4 Å². The molecule has 0 aliphatic heterocycles. The topological polar surface area (TPSA) is 118 Å². The monoisotopic (exact) mass is 596 g/mol. The van der Waals surface area contributed by atoms with Crippen molar-refractivity contribution >= 4 is 5.97 Å². The number of hydrogen-bond acceptors (Lipinski definition) is 5. The lowest BCUT2D eigenvalue weighted by molar-refractivity contribution is -0.0962. The molecule has 4 aliphatic rings. The number of benzene rings is 1. The fraction of sp³-hybridized carbons (Fsp3) is 0.703. The standard InChI is InChI=1S/C30H50O.C7H6O5/c1-20(2)10-9-11-21(3)22-14-18-30(8)24-12-13-25-27(4,5)26(31)16-17-28(25,6)23(24)15-19-29(22,30)7;8-4-1-3(7(11)12)2-5(9)6(4)10/h10,21-22,25-26,31H,9,11-19H2,1-8H3;1-2,8-10H,(H,11,12). The third kappa shape index (κ3) is 5.62. The second-order valence-corrected chi connectivity index (χ2v) is 15.7. The average molecular weight is 597 g/mol. The zero-order valence-corrected chi connectivity index (χ0v) is 27.8. The molecule has 6 nitrogen and oxygen atoms in total. The molecule has 2 fully saturated rings. The predicted octanol–water partition coefficient (Wildman–Crippen LogP) is 8.98. The predicted molar refractivity (Wildman–Crippen MR) is 171 cm³/mol. The van der Waals surface area contributed by atoms with E-state index in [1.54, 1.807) is 0 Å². The van der Waals surface area contributed by atoms with Crippen LogP contribution < -0.4 is 0 Å². The van der Waals surface area contributed by atoms with E-state index in [9.17, 15) is 9.90 Å². The van der Waals surface area contributed by atoms with Crippen LogP contribution in [0.4, 0.5) is 0 Å². The number of phenols is 3. The lowest BCUT2D eigenvalue weighted by atomic mass is 9.43. The van der Waals surface area contributed by atoms with Crippen LogP contribution in [0.15, 0.2) is 34.9 Å². The highest BCUT2D eigenvalue weighted by Gasteiger charge is 2.63. The highest BCUT2D eigenvalue weighted by Crippen LogP contribution is 2.72. The highest BCUT2D eigenvalue weighted by molar-refractivity contribution is 5.89. The van der Waals surface area contributed by atoms with Crippen molar-refractivity contribution in [1.82, 2.24) is 0 Å². The molecular weight excluding hydrogens is 540 g/mol. The van der Waals surface area contributed by atoms with Crippen molar-refractivity contribution in [2.75, 3.05) is 0 Å². The molecule has 0 saturated heterocycles. The van der Waals surface area contributed by atoms with Gasteiger partial charge in [0.05, 0.1) is 11.7 Å². The van der Waals surface area contributed by atoms with Gasteiger partial charge in [0.2, 0.25) is 0 Å². The number of fused-ring (bicyclic) bond motifs is 4. The van der Waals surface area contributed by atoms with Gasteiger partial charge in [-0.25, -0.2) is 4.79 Å². The molecule has 0 spiro atoms. The maximum absolute atomic E-state index is 10.8. The lowest BCUT2D eigenvalue weighted by Gasteiger charge is -2.62. The van der Waals surface area contributed by atoms with E-state index in [0.29, 0.717) is 22.2 Å². The zero-order valence-electron chi connectivity index (χ0n) is 27.8. The number of hydrogen-bond donors (Lipinski definition) is 5. The Balaban J connectivity index is 0.000000296. The van der Waals surface area contributed by atoms with Crippen LogP contribution in [-0.2, 0) is 0 Å². The fourth-order valence-corrected chi connectivity index (χ4v) is 10.2. The largest absolute Gasteiger partial charge is 0.504 e. The van der Waals surface area contributed by atoms with Crippen LogP contribution in [0.1, 0.15) is 130 Å². The summed E-state index contributed by atoms with van der Waals surface area (Å²) in [6, 6.07) is 1.69. The molecule has 0 bridgehead atoms. The van der Waals surface area contributed by atoms with Crippen LogP contribution in [0.2, 0.25) is 0 Å². The molecule has 0 aromatic heterocycles. The quantitative estimate of drug-likeness (QED) is 0.171. The number of carboxylic acids is 1. The number of aliphatic hydroxyl groups is 1. The van der Waals surface area contributed by atoms with Gasteiger partial charge < -0.3 is 25.5 Å². The van der Waals surface area contributed by atoms with Gasteiger partial charge in [-0.2, -0.15) is 0 Å². The molecule has 1 aromatic rings. The number of aromatic carboxylic acids is 1. The SMILES string of the molecule is CC(C)=CCCC(C)C1CCC2(C)C3=C(CCC12C)C1(C)CCC(O)C(C)(C)C1CC3.O=C(O)c1cc(O)c(O)c(O)c1. The minimum Gasteiger partial charge on any atom is -0.504 e. The van der Waals surface area contributed by atoms with Crippen molar-refractivity contribution in [3.8, 4) is 17.2 Å². The van der Waals surface area contributed by atoms with E-state index in [-0.39, 0.29) is 17.1 Å². The van der Waals surface area contributed by atoms with Gasteiger partial charge in [-0.3, -0.25) is 0 Å². The maximum atomic E-state index is 10.8. The number of carboxylic acid groups (broad SMARTS) is 1. The van der Waals surface area contributed by atoms with E-state index >= 15 is 0 Å². The van der Waals surface area contributed by atoms with Crippen molar-refractivity contribution in [2.24, 2.45) is 39.4 Å². The van der Waals surface area contributed by atoms with E-state index in [2.05, 4.69) is 61.5 Å². The summed E-state index contributed by atoms with van der Waals surface area (Å²) in [5, 5.41) is 45.8. The molecule has 1 aromatic carbocycles. The highest BCUT2D eigenvalue weighted by atomic mass is 16.4.